The van der Waals surface area contributed by atoms with Gasteiger partial charge in [0.05, 0.1) is 11.9 Å². The Morgan fingerprint density at radius 1 is 0.938 bits per heavy atom. The third kappa shape index (κ3) is 3.90. The monoisotopic (exact) mass is 252 g/mol. The summed E-state index contributed by atoms with van der Waals surface area (Å²) >= 11 is 0.821. The van der Waals surface area contributed by atoms with Crippen LogP contribution in [-0.2, 0) is 9.59 Å². The SMILES string of the molecule is O=C([O-])C1(O)CSC(O)(C(=O)[O-])CS1.[Li+].[Li+]. The van der Waals surface area contributed by atoms with Gasteiger partial charge in [-0.2, -0.15) is 0 Å². The molecule has 0 aromatic heterocycles. The van der Waals surface area contributed by atoms with Crippen molar-refractivity contribution in [3.05, 3.63) is 0 Å². The molecule has 6 nitrogen and oxygen atoms in total. The van der Waals surface area contributed by atoms with E-state index in [-0.39, 0.29) is 37.7 Å². The first-order valence-corrected chi connectivity index (χ1v) is 5.43. The van der Waals surface area contributed by atoms with Crippen LogP contribution in [0.3, 0.4) is 0 Å². The van der Waals surface area contributed by atoms with E-state index in [1.54, 1.807) is 0 Å². The molecule has 0 spiro atoms. The minimum atomic E-state index is -2.15. The van der Waals surface area contributed by atoms with E-state index in [4.69, 9.17) is 0 Å². The first-order valence-electron chi connectivity index (χ1n) is 3.46. The number of aliphatic hydroxyl groups is 2. The molecule has 0 aliphatic carbocycles. The number of carboxylic acids is 2. The van der Waals surface area contributed by atoms with Gasteiger partial charge in [0.1, 0.15) is 0 Å². The molecule has 2 unspecified atom stereocenters. The van der Waals surface area contributed by atoms with Gasteiger partial charge in [-0.15, -0.1) is 23.5 Å². The predicted octanol–water partition coefficient (Wildman–Crippen LogP) is -9.65. The maximum absolute atomic E-state index is 10.4. The summed E-state index contributed by atoms with van der Waals surface area (Å²) in [6, 6.07) is 0. The summed E-state index contributed by atoms with van der Waals surface area (Å²) in [5.74, 6) is -4.33. The van der Waals surface area contributed by atoms with Crippen LogP contribution in [0.2, 0.25) is 0 Å². The quantitative estimate of drug-likeness (QED) is 0.465. The van der Waals surface area contributed by atoms with Crippen molar-refractivity contribution in [3.8, 4) is 0 Å². The topological polar surface area (TPSA) is 121 Å². The van der Waals surface area contributed by atoms with Gasteiger partial charge in [0.2, 0.25) is 0 Å². The summed E-state index contributed by atoms with van der Waals surface area (Å²) in [5.41, 5.74) is 0. The molecule has 1 aliphatic heterocycles. The van der Waals surface area contributed by atoms with Gasteiger partial charge in [0.15, 0.2) is 9.87 Å². The molecule has 0 radical (unpaired) electrons. The van der Waals surface area contributed by atoms with Crippen molar-refractivity contribution >= 4 is 35.5 Å². The van der Waals surface area contributed by atoms with Gasteiger partial charge in [-0.25, -0.2) is 0 Å². The largest absolute Gasteiger partial charge is 1.00 e. The molecule has 80 valence electrons. The molecule has 1 saturated heterocycles. The summed E-state index contributed by atoms with van der Waals surface area (Å²) in [4.78, 5) is 16.5. The second-order valence-corrected chi connectivity index (χ2v) is 5.23. The molecule has 2 N–H and O–H groups in total. The minimum absolute atomic E-state index is 0. The van der Waals surface area contributed by atoms with Crippen molar-refractivity contribution in [3.63, 3.8) is 0 Å². The number of carbonyl (C=O) groups is 2. The van der Waals surface area contributed by atoms with Crippen molar-refractivity contribution in [2.45, 2.75) is 9.87 Å². The van der Waals surface area contributed by atoms with E-state index in [0.29, 0.717) is 23.5 Å². The maximum Gasteiger partial charge on any atom is 1.00 e. The molecular formula is C6H6Li2O6S2. The fourth-order valence-corrected chi connectivity index (χ4v) is 3.11. The molecule has 0 saturated carbocycles. The molecule has 0 amide bonds. The Labute approximate surface area is 124 Å². The number of rotatable bonds is 2. The standard InChI is InChI=1S/C6H8O6S2.2Li/c7-3(8)5(11)1-13-6(12,2-14-5)4(9)10;;/h11-12H,1-2H2,(H,7,8)(H,9,10);;/q;2*+1/p-2. The number of hydrogen-bond donors (Lipinski definition) is 2. The average Bonchev–Trinajstić information content (AvgIpc) is 2.10. The first-order chi connectivity index (χ1) is 6.30. The molecule has 16 heavy (non-hydrogen) atoms. The van der Waals surface area contributed by atoms with Crippen molar-refractivity contribution in [2.75, 3.05) is 11.5 Å². The van der Waals surface area contributed by atoms with Crippen LogP contribution in [0.15, 0.2) is 0 Å². The zero-order valence-electron chi connectivity index (χ0n) is 8.76. The number of aliphatic carboxylic acids is 2. The maximum atomic E-state index is 10.4. The summed E-state index contributed by atoms with van der Waals surface area (Å²) < 4.78 is 0. The molecule has 0 bridgehead atoms. The van der Waals surface area contributed by atoms with Crippen LogP contribution in [-0.4, -0.2) is 43.5 Å². The van der Waals surface area contributed by atoms with E-state index in [9.17, 15) is 30.0 Å². The number of carbonyl (C=O) groups excluding carboxylic acids is 2. The van der Waals surface area contributed by atoms with E-state index in [1.165, 1.54) is 0 Å². The summed E-state index contributed by atoms with van der Waals surface area (Å²) in [7, 11) is 0. The number of hydrogen-bond acceptors (Lipinski definition) is 8. The molecule has 1 fully saturated rings. The second kappa shape index (κ2) is 6.62. The van der Waals surface area contributed by atoms with Gasteiger partial charge in [-0.3, -0.25) is 0 Å². The minimum Gasteiger partial charge on any atom is -0.546 e. The van der Waals surface area contributed by atoms with Crippen LogP contribution in [0.25, 0.3) is 0 Å². The van der Waals surface area contributed by atoms with Crippen LogP contribution in [0.5, 0.6) is 0 Å². The third-order valence-corrected chi connectivity index (χ3v) is 4.72. The van der Waals surface area contributed by atoms with Gasteiger partial charge < -0.3 is 30.0 Å². The fraction of sp³-hybridized carbons (Fsp3) is 0.667. The Hall–Kier alpha value is 0.755. The van der Waals surface area contributed by atoms with Crippen LogP contribution in [0, 0.1) is 0 Å². The second-order valence-electron chi connectivity index (χ2n) is 2.72. The molecule has 0 aromatic rings. The summed E-state index contributed by atoms with van der Waals surface area (Å²) in [6.07, 6.45) is 0. The van der Waals surface area contributed by atoms with Crippen molar-refractivity contribution in [1.82, 2.24) is 0 Å². The zero-order chi connectivity index (χ0) is 11.0. The van der Waals surface area contributed by atoms with E-state index in [2.05, 4.69) is 0 Å². The van der Waals surface area contributed by atoms with Gasteiger partial charge in [0, 0.05) is 11.5 Å². The molecule has 0 aromatic carbocycles. The Morgan fingerprint density at radius 2 is 1.19 bits per heavy atom. The summed E-state index contributed by atoms with van der Waals surface area (Å²) in [6.45, 7) is 0. The van der Waals surface area contributed by atoms with Gasteiger partial charge >= 0.3 is 37.7 Å². The molecular weight excluding hydrogens is 246 g/mol. The third-order valence-electron chi connectivity index (χ3n) is 1.65. The smallest absolute Gasteiger partial charge is 0.546 e. The van der Waals surface area contributed by atoms with Gasteiger partial charge in [-0.1, -0.05) is 0 Å². The average molecular weight is 252 g/mol. The zero-order valence-corrected chi connectivity index (χ0v) is 10.4. The van der Waals surface area contributed by atoms with E-state index < -0.39 is 33.3 Å². The Morgan fingerprint density at radius 3 is 1.31 bits per heavy atom. The number of carboxylic acid groups (broad SMARTS) is 2. The molecule has 2 atom stereocenters. The first kappa shape index (κ1) is 19.1. The van der Waals surface area contributed by atoms with Gasteiger partial charge in [-0.05, 0) is 0 Å². The molecule has 1 aliphatic rings. The molecule has 1 rings (SSSR count). The predicted molar refractivity (Wildman–Crippen MR) is 44.8 cm³/mol. The van der Waals surface area contributed by atoms with E-state index in [1.807, 2.05) is 0 Å². The molecule has 10 heteroatoms. The normalized spacial score (nSPS) is 33.1. The van der Waals surface area contributed by atoms with Crippen LogP contribution < -0.4 is 47.9 Å². The van der Waals surface area contributed by atoms with Crippen LogP contribution >= 0.6 is 23.5 Å². The van der Waals surface area contributed by atoms with Crippen molar-refractivity contribution in [1.29, 1.82) is 0 Å². The van der Waals surface area contributed by atoms with E-state index >= 15 is 0 Å². The van der Waals surface area contributed by atoms with Gasteiger partial charge in [0.25, 0.3) is 0 Å². The fourth-order valence-electron chi connectivity index (χ4n) is 0.753. The Balaban J connectivity index is 0. The number of thioether (sulfide) groups is 2. The van der Waals surface area contributed by atoms with Crippen molar-refractivity contribution in [2.24, 2.45) is 0 Å². The summed E-state index contributed by atoms with van der Waals surface area (Å²) in [5, 5.41) is 39.5. The van der Waals surface area contributed by atoms with E-state index in [0.717, 1.165) is 0 Å². The molecule has 1 heterocycles. The van der Waals surface area contributed by atoms with Crippen LogP contribution in [0.1, 0.15) is 0 Å². The van der Waals surface area contributed by atoms with Crippen molar-refractivity contribution < 1.29 is 67.7 Å². The Kier molecular flexibility index (Phi) is 7.91. The Bertz CT molecular complexity index is 250. The van der Waals surface area contributed by atoms with Crippen LogP contribution in [0.4, 0.5) is 0 Å².